The Labute approximate surface area is 406 Å². The maximum Gasteiger partial charge on any atom is 0.0725 e. The lowest BCUT2D eigenvalue weighted by atomic mass is 9.70. The van der Waals surface area contributed by atoms with Crippen LogP contribution in [0, 0.1) is 0 Å². The Morgan fingerprint density at radius 2 is 0.629 bits per heavy atom. The van der Waals surface area contributed by atoms with Crippen LogP contribution in [0.5, 0.6) is 0 Å². The van der Waals surface area contributed by atoms with Crippen LogP contribution in [-0.2, 0) is 5.41 Å². The van der Waals surface area contributed by atoms with E-state index < -0.39 is 5.41 Å². The van der Waals surface area contributed by atoms with Crippen LogP contribution in [0.1, 0.15) is 22.3 Å². The van der Waals surface area contributed by atoms with Gasteiger partial charge in [-0.25, -0.2) is 0 Å². The number of para-hydroxylation sites is 1. The SMILES string of the molecule is c1ccc(-c2ccc(-c3ccc4c(c3)c3ccccc3n4-c3ccc(-c4c5ccccc5c(-c5ccc6c(c5)C5(c7ccccc7-c7ccccc75)c5ccccc5-6)c5ccccc45)cc3)cc2)cc1. The topological polar surface area (TPSA) is 4.93 Å². The Kier molecular flexibility index (Phi) is 8.35. The molecule has 0 radical (unpaired) electrons. The van der Waals surface area contributed by atoms with Gasteiger partial charge < -0.3 is 4.57 Å². The molecule has 15 rings (SSSR count). The first-order valence-corrected chi connectivity index (χ1v) is 24.4. The molecule has 1 spiro atoms. The quantitative estimate of drug-likeness (QED) is 0.152. The van der Waals surface area contributed by atoms with Crippen molar-refractivity contribution in [3.05, 3.63) is 283 Å². The lowest BCUT2D eigenvalue weighted by Crippen LogP contribution is -2.25. The van der Waals surface area contributed by atoms with E-state index in [-0.39, 0.29) is 0 Å². The van der Waals surface area contributed by atoms with Crippen LogP contribution < -0.4 is 0 Å². The van der Waals surface area contributed by atoms with Crippen molar-refractivity contribution in [3.63, 3.8) is 0 Å². The minimum atomic E-state index is -0.407. The molecular formula is C69H43N. The summed E-state index contributed by atoms with van der Waals surface area (Å²) in [5.74, 6) is 0. The average Bonchev–Trinajstić information content (AvgIpc) is 4.04. The minimum Gasteiger partial charge on any atom is -0.309 e. The fraction of sp³-hybridized carbons (Fsp3) is 0.0145. The molecule has 0 aliphatic heterocycles. The molecule has 1 aromatic heterocycles. The third-order valence-electron chi connectivity index (χ3n) is 15.6. The number of hydrogen-bond acceptors (Lipinski definition) is 0. The van der Waals surface area contributed by atoms with Crippen LogP contribution in [0.3, 0.4) is 0 Å². The molecular weight excluding hydrogens is 843 g/mol. The van der Waals surface area contributed by atoms with Gasteiger partial charge in [-0.1, -0.05) is 224 Å². The smallest absolute Gasteiger partial charge is 0.0725 e. The Bertz CT molecular complexity index is 4150. The summed E-state index contributed by atoms with van der Waals surface area (Å²) in [6.45, 7) is 0. The molecule has 324 valence electrons. The van der Waals surface area contributed by atoms with E-state index in [0.29, 0.717) is 0 Å². The second-order valence-electron chi connectivity index (χ2n) is 19.1. The lowest BCUT2D eigenvalue weighted by molar-refractivity contribution is 0.794. The summed E-state index contributed by atoms with van der Waals surface area (Å²) in [6, 6.07) is 97.3. The zero-order valence-electron chi connectivity index (χ0n) is 38.3. The summed E-state index contributed by atoms with van der Waals surface area (Å²) in [5, 5.41) is 7.51. The molecule has 13 aromatic rings. The van der Waals surface area contributed by atoms with Crippen molar-refractivity contribution in [3.8, 4) is 72.4 Å². The van der Waals surface area contributed by atoms with Crippen LogP contribution in [0.2, 0.25) is 0 Å². The molecule has 0 amide bonds. The molecule has 0 saturated heterocycles. The van der Waals surface area contributed by atoms with Gasteiger partial charge in [0.1, 0.15) is 0 Å². The maximum atomic E-state index is 2.53. The number of rotatable bonds is 5. The van der Waals surface area contributed by atoms with Gasteiger partial charge in [0.05, 0.1) is 16.4 Å². The fourth-order valence-corrected chi connectivity index (χ4v) is 12.7. The fourth-order valence-electron chi connectivity index (χ4n) is 12.7. The van der Waals surface area contributed by atoms with Gasteiger partial charge in [0.2, 0.25) is 0 Å². The van der Waals surface area contributed by atoms with E-state index in [4.69, 9.17) is 0 Å². The second-order valence-corrected chi connectivity index (χ2v) is 19.1. The highest BCUT2D eigenvalue weighted by Gasteiger charge is 2.51. The van der Waals surface area contributed by atoms with E-state index in [0.717, 1.165) is 5.69 Å². The summed E-state index contributed by atoms with van der Waals surface area (Å²) in [4.78, 5) is 0. The van der Waals surface area contributed by atoms with E-state index >= 15 is 0 Å². The molecule has 1 nitrogen and oxygen atoms in total. The molecule has 12 aromatic carbocycles. The number of hydrogen-bond donors (Lipinski definition) is 0. The molecule has 0 fully saturated rings. The van der Waals surface area contributed by atoms with Crippen molar-refractivity contribution in [2.24, 2.45) is 0 Å². The Morgan fingerprint density at radius 1 is 0.229 bits per heavy atom. The number of nitrogens with zero attached hydrogens (tertiary/aromatic N) is 1. The first-order chi connectivity index (χ1) is 34.7. The first kappa shape index (κ1) is 39.0. The van der Waals surface area contributed by atoms with Crippen molar-refractivity contribution in [1.82, 2.24) is 4.57 Å². The van der Waals surface area contributed by atoms with Gasteiger partial charge in [-0.15, -0.1) is 0 Å². The Morgan fingerprint density at radius 3 is 1.21 bits per heavy atom. The Hall–Kier alpha value is -9.04. The van der Waals surface area contributed by atoms with Gasteiger partial charge in [-0.3, -0.25) is 0 Å². The zero-order chi connectivity index (χ0) is 45.9. The zero-order valence-corrected chi connectivity index (χ0v) is 38.3. The monoisotopic (exact) mass is 885 g/mol. The summed E-state index contributed by atoms with van der Waals surface area (Å²) in [6.07, 6.45) is 0. The molecule has 0 N–H and O–H groups in total. The van der Waals surface area contributed by atoms with Gasteiger partial charge in [0.25, 0.3) is 0 Å². The van der Waals surface area contributed by atoms with Crippen LogP contribution >= 0.6 is 0 Å². The van der Waals surface area contributed by atoms with Crippen LogP contribution in [0.25, 0.3) is 116 Å². The van der Waals surface area contributed by atoms with Crippen LogP contribution in [0.15, 0.2) is 261 Å². The lowest BCUT2D eigenvalue weighted by Gasteiger charge is -2.30. The molecule has 0 atom stereocenters. The standard InChI is InChI=1S/C69H43N/c1-2-16-44(17-3-1)45-30-32-46(33-31-45)48-37-41-66-60(42-48)55-21-11-15-29-65(55)70(66)50-38-34-47(35-39-50)67-56-22-4-6-24-58(56)68(59-25-7-5-23-57(59)67)49-36-40-54-53-20-10-14-28-63(53)69(64(54)43-49)61-26-12-8-18-51(61)52-19-9-13-27-62(52)69/h1-43H. The van der Waals surface area contributed by atoms with E-state index in [1.165, 1.54) is 132 Å². The molecule has 0 unspecified atom stereocenters. The van der Waals surface area contributed by atoms with Crippen molar-refractivity contribution in [2.45, 2.75) is 5.41 Å². The van der Waals surface area contributed by atoms with E-state index in [1.807, 2.05) is 0 Å². The third kappa shape index (κ3) is 5.43. The van der Waals surface area contributed by atoms with E-state index in [9.17, 15) is 0 Å². The number of benzene rings is 12. The normalized spacial score (nSPS) is 13.0. The van der Waals surface area contributed by atoms with Crippen molar-refractivity contribution in [1.29, 1.82) is 0 Å². The first-order valence-electron chi connectivity index (χ1n) is 24.4. The number of fused-ring (bicyclic) bond motifs is 15. The molecule has 0 saturated carbocycles. The maximum absolute atomic E-state index is 2.53. The molecule has 2 aliphatic carbocycles. The molecule has 1 heteroatoms. The van der Waals surface area contributed by atoms with Crippen molar-refractivity contribution in [2.75, 3.05) is 0 Å². The largest absolute Gasteiger partial charge is 0.309 e. The van der Waals surface area contributed by atoms with E-state index in [2.05, 4.69) is 265 Å². The van der Waals surface area contributed by atoms with Crippen LogP contribution in [-0.4, -0.2) is 4.57 Å². The predicted molar refractivity (Wildman–Crippen MR) is 294 cm³/mol. The Balaban J connectivity index is 0.868. The summed E-state index contributed by atoms with van der Waals surface area (Å²) >= 11 is 0. The highest BCUT2D eigenvalue weighted by molar-refractivity contribution is 6.21. The van der Waals surface area contributed by atoms with Crippen molar-refractivity contribution >= 4 is 43.4 Å². The van der Waals surface area contributed by atoms with Crippen LogP contribution in [0.4, 0.5) is 0 Å². The van der Waals surface area contributed by atoms with E-state index in [1.54, 1.807) is 0 Å². The second kappa shape index (κ2) is 15.0. The average molecular weight is 886 g/mol. The molecule has 70 heavy (non-hydrogen) atoms. The summed E-state index contributed by atoms with van der Waals surface area (Å²) in [5.41, 5.74) is 23.7. The highest BCUT2D eigenvalue weighted by atomic mass is 15.0. The minimum absolute atomic E-state index is 0.407. The molecule has 0 bridgehead atoms. The highest BCUT2D eigenvalue weighted by Crippen LogP contribution is 2.63. The van der Waals surface area contributed by atoms with Gasteiger partial charge in [-0.05, 0) is 147 Å². The predicted octanol–water partition coefficient (Wildman–Crippen LogP) is 18.1. The van der Waals surface area contributed by atoms with Gasteiger partial charge in [0, 0.05) is 16.5 Å². The summed E-state index contributed by atoms with van der Waals surface area (Å²) < 4.78 is 2.43. The van der Waals surface area contributed by atoms with Gasteiger partial charge in [-0.2, -0.15) is 0 Å². The van der Waals surface area contributed by atoms with Crippen molar-refractivity contribution < 1.29 is 0 Å². The number of aromatic nitrogens is 1. The van der Waals surface area contributed by atoms with Gasteiger partial charge in [0.15, 0.2) is 0 Å². The van der Waals surface area contributed by atoms with Gasteiger partial charge >= 0.3 is 0 Å². The summed E-state index contributed by atoms with van der Waals surface area (Å²) in [7, 11) is 0. The molecule has 1 heterocycles. The molecule has 2 aliphatic rings. The third-order valence-corrected chi connectivity index (χ3v) is 15.6.